The molecule has 3 fully saturated rings. The molecule has 2 saturated heterocycles. The number of aromatic nitrogens is 3. The van der Waals surface area contributed by atoms with E-state index >= 15 is 0 Å². The summed E-state index contributed by atoms with van der Waals surface area (Å²) in [4.78, 5) is 20.3. The molecule has 1 aromatic carbocycles. The molecule has 2 N–H and O–H groups in total. The van der Waals surface area contributed by atoms with E-state index in [0.717, 1.165) is 60.5 Å². The van der Waals surface area contributed by atoms with Gasteiger partial charge in [-0.2, -0.15) is 5.10 Å². The number of aryl methyl sites for hydroxylation is 1. The Labute approximate surface area is 188 Å². The van der Waals surface area contributed by atoms with Crippen LogP contribution in [0.3, 0.4) is 0 Å². The van der Waals surface area contributed by atoms with Crippen molar-refractivity contribution in [2.75, 3.05) is 13.1 Å². The number of pyridine rings is 1. The second kappa shape index (κ2) is 7.98. The minimum Gasteiger partial charge on any atom is -0.341 e. The molecule has 3 atom stereocenters. The van der Waals surface area contributed by atoms with Crippen LogP contribution < -0.4 is 10.9 Å². The molecule has 6 rings (SSSR count). The number of fused-ring (bicyclic) bond motifs is 2. The van der Waals surface area contributed by atoms with Crippen molar-refractivity contribution in [3.05, 3.63) is 53.9 Å². The van der Waals surface area contributed by atoms with Crippen molar-refractivity contribution in [3.8, 4) is 5.69 Å². The molecule has 0 spiro atoms. The van der Waals surface area contributed by atoms with Crippen molar-refractivity contribution < 1.29 is 4.79 Å². The van der Waals surface area contributed by atoms with Crippen molar-refractivity contribution in [2.45, 2.75) is 57.0 Å². The molecule has 4 heterocycles. The second-order valence-electron chi connectivity index (χ2n) is 9.51. The average Bonchev–Trinajstić information content (AvgIpc) is 3.54. The summed E-state index contributed by atoms with van der Waals surface area (Å²) in [6.07, 6.45) is 5.46. The number of nitrogens with zero attached hydrogens (tertiary/aromatic N) is 4. The monoisotopic (exact) mass is 430 g/mol. The zero-order chi connectivity index (χ0) is 21.7. The molecule has 166 valence electrons. The molecular formula is C25H30N6O. The highest BCUT2D eigenvalue weighted by Crippen LogP contribution is 2.34. The highest BCUT2D eigenvalue weighted by atomic mass is 16.2. The molecule has 1 aliphatic carbocycles. The van der Waals surface area contributed by atoms with Crippen molar-refractivity contribution in [3.63, 3.8) is 0 Å². The molecule has 32 heavy (non-hydrogen) atoms. The van der Waals surface area contributed by atoms with E-state index in [1.807, 2.05) is 29.8 Å². The van der Waals surface area contributed by atoms with Crippen LogP contribution >= 0.6 is 0 Å². The Bertz CT molecular complexity index is 1130. The van der Waals surface area contributed by atoms with Gasteiger partial charge in [0, 0.05) is 42.0 Å². The summed E-state index contributed by atoms with van der Waals surface area (Å²) in [6, 6.07) is 14.9. The summed E-state index contributed by atoms with van der Waals surface area (Å²) in [7, 11) is 0. The number of carbonyl (C=O) groups is 1. The van der Waals surface area contributed by atoms with Crippen molar-refractivity contribution in [1.82, 2.24) is 30.5 Å². The number of rotatable bonds is 3. The van der Waals surface area contributed by atoms with Gasteiger partial charge < -0.3 is 4.90 Å². The molecule has 7 heteroatoms. The fourth-order valence-electron chi connectivity index (χ4n) is 5.84. The number of likely N-dealkylation sites (tertiary alicyclic amines) is 1. The molecule has 3 aliphatic rings. The van der Waals surface area contributed by atoms with E-state index in [1.54, 1.807) is 0 Å². The van der Waals surface area contributed by atoms with E-state index in [9.17, 15) is 4.79 Å². The number of nitrogens with one attached hydrogen (secondary N) is 2. The van der Waals surface area contributed by atoms with Gasteiger partial charge in [-0.1, -0.05) is 24.6 Å². The fourth-order valence-corrected chi connectivity index (χ4v) is 5.84. The van der Waals surface area contributed by atoms with Crippen LogP contribution in [0.15, 0.2) is 42.5 Å². The summed E-state index contributed by atoms with van der Waals surface area (Å²) in [6.45, 7) is 3.64. The predicted molar refractivity (Wildman–Crippen MR) is 123 cm³/mol. The number of hydrogen-bond donors (Lipinski definition) is 2. The van der Waals surface area contributed by atoms with Crippen LogP contribution in [0.25, 0.3) is 16.7 Å². The molecule has 2 aromatic heterocycles. The highest BCUT2D eigenvalue weighted by molar-refractivity contribution is 5.83. The third-order valence-corrected chi connectivity index (χ3v) is 7.65. The molecule has 0 bridgehead atoms. The molecule has 0 radical (unpaired) electrons. The van der Waals surface area contributed by atoms with Gasteiger partial charge in [0.2, 0.25) is 5.91 Å². The number of para-hydroxylation sites is 1. The number of hydrazine groups is 1. The first-order valence-electron chi connectivity index (χ1n) is 11.9. The van der Waals surface area contributed by atoms with E-state index in [2.05, 4.69) is 40.0 Å². The number of carbonyl (C=O) groups excluding carboxylic acids is 1. The number of benzene rings is 1. The van der Waals surface area contributed by atoms with Crippen LogP contribution in [0, 0.1) is 12.8 Å². The summed E-state index contributed by atoms with van der Waals surface area (Å²) in [5, 5.41) is 5.83. The normalized spacial score (nSPS) is 26.0. The Kier molecular flexibility index (Phi) is 4.96. The van der Waals surface area contributed by atoms with Gasteiger partial charge in [0.15, 0.2) is 5.65 Å². The third kappa shape index (κ3) is 3.31. The Morgan fingerprint density at radius 3 is 2.62 bits per heavy atom. The van der Waals surface area contributed by atoms with Crippen LogP contribution in [0.5, 0.6) is 0 Å². The standard InChI is InChI=1S/C25H30N6O/c1-16-19-10-11-21(26-24(19)31(29-16)18-6-3-2-4-7-18)17-12-14-30(15-13-17)25(32)23-20-8-5-9-22(20)27-28-23/h2-4,6-7,10-11,17,20,22-23,27-28H,5,8-9,12-15H2,1H3. The molecule has 3 aromatic rings. The number of piperidine rings is 1. The molecule has 1 saturated carbocycles. The molecule has 2 aliphatic heterocycles. The third-order valence-electron chi connectivity index (χ3n) is 7.65. The number of hydrogen-bond acceptors (Lipinski definition) is 5. The Hall–Kier alpha value is -2.77. The minimum absolute atomic E-state index is 0.0586. The van der Waals surface area contributed by atoms with Gasteiger partial charge in [0.05, 0.1) is 11.4 Å². The van der Waals surface area contributed by atoms with Crippen LogP contribution in [0.2, 0.25) is 0 Å². The summed E-state index contributed by atoms with van der Waals surface area (Å²) < 4.78 is 1.95. The topological polar surface area (TPSA) is 75.1 Å². The van der Waals surface area contributed by atoms with E-state index in [4.69, 9.17) is 10.1 Å². The lowest BCUT2D eigenvalue weighted by atomic mass is 9.91. The van der Waals surface area contributed by atoms with E-state index in [-0.39, 0.29) is 11.9 Å². The van der Waals surface area contributed by atoms with Gasteiger partial charge in [0.25, 0.3) is 0 Å². The molecule has 1 amide bonds. The van der Waals surface area contributed by atoms with E-state index < -0.39 is 0 Å². The van der Waals surface area contributed by atoms with Crippen molar-refractivity contribution in [2.24, 2.45) is 5.92 Å². The lowest BCUT2D eigenvalue weighted by Gasteiger charge is -2.34. The van der Waals surface area contributed by atoms with Gasteiger partial charge in [-0.05, 0) is 56.9 Å². The maximum absolute atomic E-state index is 13.2. The van der Waals surface area contributed by atoms with E-state index in [1.165, 1.54) is 12.8 Å². The number of amides is 1. The Balaban J connectivity index is 1.19. The maximum Gasteiger partial charge on any atom is 0.241 e. The van der Waals surface area contributed by atoms with Gasteiger partial charge in [0.1, 0.15) is 6.04 Å². The fraction of sp³-hybridized carbons (Fsp3) is 0.480. The van der Waals surface area contributed by atoms with Crippen molar-refractivity contribution >= 4 is 16.9 Å². The molecule has 3 unspecified atom stereocenters. The van der Waals surface area contributed by atoms with Crippen LogP contribution in [0.4, 0.5) is 0 Å². The van der Waals surface area contributed by atoms with E-state index in [0.29, 0.717) is 17.9 Å². The van der Waals surface area contributed by atoms with Gasteiger partial charge in [-0.25, -0.2) is 15.1 Å². The lowest BCUT2D eigenvalue weighted by molar-refractivity contribution is -0.135. The van der Waals surface area contributed by atoms with Gasteiger partial charge in [-0.15, -0.1) is 0 Å². The first-order valence-corrected chi connectivity index (χ1v) is 11.9. The molecule has 7 nitrogen and oxygen atoms in total. The first-order chi connectivity index (χ1) is 15.7. The summed E-state index contributed by atoms with van der Waals surface area (Å²) in [5.74, 6) is 1.09. The smallest absolute Gasteiger partial charge is 0.241 e. The Morgan fingerprint density at radius 2 is 1.81 bits per heavy atom. The first kappa shape index (κ1) is 19.9. The summed E-state index contributed by atoms with van der Waals surface area (Å²) in [5.41, 5.74) is 10.7. The zero-order valence-electron chi connectivity index (χ0n) is 18.5. The lowest BCUT2D eigenvalue weighted by Crippen LogP contribution is -2.50. The SMILES string of the molecule is Cc1nn(-c2ccccc2)c2nc(C3CCN(C(=O)C4NNC5CCCC54)CC3)ccc12. The maximum atomic E-state index is 13.2. The second-order valence-corrected chi connectivity index (χ2v) is 9.51. The highest BCUT2D eigenvalue weighted by Gasteiger charge is 2.44. The van der Waals surface area contributed by atoms with Crippen LogP contribution in [0.1, 0.15) is 49.4 Å². The average molecular weight is 431 g/mol. The molecular weight excluding hydrogens is 400 g/mol. The quantitative estimate of drug-likeness (QED) is 0.668. The minimum atomic E-state index is -0.0586. The predicted octanol–water partition coefficient (Wildman–Crippen LogP) is 3.08. The van der Waals surface area contributed by atoms with Crippen LogP contribution in [-0.4, -0.2) is 50.7 Å². The largest absolute Gasteiger partial charge is 0.341 e. The van der Waals surface area contributed by atoms with Crippen molar-refractivity contribution in [1.29, 1.82) is 0 Å². The van der Waals surface area contributed by atoms with Crippen LogP contribution in [-0.2, 0) is 4.79 Å². The zero-order valence-corrected chi connectivity index (χ0v) is 18.5. The van der Waals surface area contributed by atoms with Gasteiger partial charge in [-0.3, -0.25) is 10.2 Å². The van der Waals surface area contributed by atoms with Gasteiger partial charge >= 0.3 is 0 Å². The summed E-state index contributed by atoms with van der Waals surface area (Å²) >= 11 is 0. The Morgan fingerprint density at radius 1 is 1.00 bits per heavy atom.